The Hall–Kier alpha value is -4.33. The SMILES string of the molecule is CCC(C)(C)N(C(=O)C(Cc1ccccc1)NC(=O)OC(C)(C)C)C(C(=O)Nc1ccc(OC)cc1)c1cc(C)ccc1C. The first kappa shape index (κ1) is 34.2. The maximum atomic E-state index is 14.9. The lowest BCUT2D eigenvalue weighted by Crippen LogP contribution is -2.59. The molecular formula is C36H47N3O5. The topological polar surface area (TPSA) is 97.0 Å². The summed E-state index contributed by atoms with van der Waals surface area (Å²) in [5.74, 6) is -0.0909. The van der Waals surface area contributed by atoms with Gasteiger partial charge in [-0.05, 0) is 95.8 Å². The van der Waals surface area contributed by atoms with Gasteiger partial charge >= 0.3 is 6.09 Å². The zero-order valence-electron chi connectivity index (χ0n) is 27.5. The van der Waals surface area contributed by atoms with Crippen molar-refractivity contribution in [2.75, 3.05) is 12.4 Å². The number of hydrogen-bond acceptors (Lipinski definition) is 5. The Labute approximate surface area is 262 Å². The standard InChI is InChI=1S/C36H47N3O5/c1-10-36(7,8)39(33(41)30(23-26-14-12-11-13-15-26)38-34(42)44-35(4,5)6)31(29-22-24(2)16-17-25(29)3)32(40)37-27-18-20-28(43-9)21-19-27/h11-22,30-31H,10,23H2,1-9H3,(H,37,40)(H,38,42). The largest absolute Gasteiger partial charge is 0.497 e. The van der Waals surface area contributed by atoms with Gasteiger partial charge in [0.25, 0.3) is 5.91 Å². The highest BCUT2D eigenvalue weighted by molar-refractivity contribution is 5.99. The van der Waals surface area contributed by atoms with Crippen molar-refractivity contribution in [2.45, 2.75) is 91.5 Å². The molecule has 0 aliphatic heterocycles. The lowest BCUT2D eigenvalue weighted by Gasteiger charge is -2.45. The summed E-state index contributed by atoms with van der Waals surface area (Å²) in [6.07, 6.45) is 0.0712. The molecule has 3 amide bonds. The number of hydrogen-bond donors (Lipinski definition) is 2. The van der Waals surface area contributed by atoms with Gasteiger partial charge in [0, 0.05) is 17.6 Å². The van der Waals surface area contributed by atoms with Crippen LogP contribution in [0.3, 0.4) is 0 Å². The van der Waals surface area contributed by atoms with Crippen LogP contribution in [-0.2, 0) is 20.7 Å². The van der Waals surface area contributed by atoms with Gasteiger partial charge in [0.15, 0.2) is 0 Å². The van der Waals surface area contributed by atoms with Crippen LogP contribution >= 0.6 is 0 Å². The highest BCUT2D eigenvalue weighted by atomic mass is 16.6. The summed E-state index contributed by atoms with van der Waals surface area (Å²) < 4.78 is 10.8. The summed E-state index contributed by atoms with van der Waals surface area (Å²) in [7, 11) is 1.58. The van der Waals surface area contributed by atoms with E-state index in [2.05, 4.69) is 10.6 Å². The molecule has 8 heteroatoms. The second kappa shape index (κ2) is 14.4. The number of anilines is 1. The zero-order chi connectivity index (χ0) is 32.7. The molecule has 0 aliphatic carbocycles. The van der Waals surface area contributed by atoms with Crippen LogP contribution in [-0.4, -0.2) is 47.1 Å². The quantitative estimate of drug-likeness (QED) is 0.243. The highest BCUT2D eigenvalue weighted by Gasteiger charge is 2.43. The minimum atomic E-state index is -1.00. The first-order valence-corrected chi connectivity index (χ1v) is 15.0. The third-order valence-electron chi connectivity index (χ3n) is 7.62. The molecule has 44 heavy (non-hydrogen) atoms. The van der Waals surface area contributed by atoms with Gasteiger partial charge < -0.3 is 25.0 Å². The van der Waals surface area contributed by atoms with Gasteiger partial charge in [-0.25, -0.2) is 4.79 Å². The maximum absolute atomic E-state index is 14.9. The smallest absolute Gasteiger partial charge is 0.408 e. The van der Waals surface area contributed by atoms with E-state index in [0.717, 1.165) is 16.7 Å². The minimum Gasteiger partial charge on any atom is -0.497 e. The van der Waals surface area contributed by atoms with E-state index in [-0.39, 0.29) is 18.2 Å². The molecule has 3 aromatic rings. The molecule has 0 aromatic heterocycles. The summed E-state index contributed by atoms with van der Waals surface area (Å²) in [6, 6.07) is 20.4. The van der Waals surface area contributed by atoms with Crippen molar-refractivity contribution in [3.05, 3.63) is 95.1 Å². The molecule has 0 saturated carbocycles. The van der Waals surface area contributed by atoms with Gasteiger partial charge in [-0.3, -0.25) is 9.59 Å². The molecule has 2 N–H and O–H groups in total. The molecule has 0 saturated heterocycles. The lowest BCUT2D eigenvalue weighted by atomic mass is 9.89. The van der Waals surface area contributed by atoms with Crippen LogP contribution in [0.1, 0.15) is 76.3 Å². The fourth-order valence-corrected chi connectivity index (χ4v) is 4.95. The third-order valence-corrected chi connectivity index (χ3v) is 7.62. The van der Waals surface area contributed by atoms with Crippen molar-refractivity contribution < 1.29 is 23.9 Å². The third kappa shape index (κ3) is 9.09. The Balaban J connectivity index is 2.16. The number of carbonyl (C=O) groups is 3. The van der Waals surface area contributed by atoms with Gasteiger partial charge in [0.1, 0.15) is 23.4 Å². The summed E-state index contributed by atoms with van der Waals surface area (Å²) in [4.78, 5) is 44.0. The molecule has 0 heterocycles. The van der Waals surface area contributed by atoms with Crippen LogP contribution < -0.4 is 15.4 Å². The van der Waals surface area contributed by atoms with E-state index in [4.69, 9.17) is 9.47 Å². The number of ether oxygens (including phenoxy) is 2. The molecule has 236 valence electrons. The van der Waals surface area contributed by atoms with Gasteiger partial charge in [-0.15, -0.1) is 0 Å². The Bertz CT molecular complexity index is 1430. The van der Waals surface area contributed by atoms with Crippen LogP contribution in [0.25, 0.3) is 0 Å². The Morgan fingerprint density at radius 1 is 0.886 bits per heavy atom. The average Bonchev–Trinajstić information content (AvgIpc) is 2.96. The molecule has 0 bridgehead atoms. The van der Waals surface area contributed by atoms with Crippen molar-refractivity contribution >= 4 is 23.6 Å². The van der Waals surface area contributed by atoms with Crippen LogP contribution in [0, 0.1) is 13.8 Å². The minimum absolute atomic E-state index is 0.217. The first-order chi connectivity index (χ1) is 20.6. The molecule has 8 nitrogen and oxygen atoms in total. The summed E-state index contributed by atoms with van der Waals surface area (Å²) in [5, 5.41) is 5.86. The Morgan fingerprint density at radius 3 is 2.09 bits per heavy atom. The monoisotopic (exact) mass is 601 g/mol. The number of carbonyl (C=O) groups excluding carboxylic acids is 3. The summed E-state index contributed by atoms with van der Waals surface area (Å²) >= 11 is 0. The Morgan fingerprint density at radius 2 is 1.52 bits per heavy atom. The second-order valence-corrected chi connectivity index (χ2v) is 12.7. The maximum Gasteiger partial charge on any atom is 0.408 e. The molecule has 2 atom stereocenters. The number of rotatable bonds is 11. The number of benzene rings is 3. The Kier molecular flexibility index (Phi) is 11.2. The summed E-state index contributed by atoms with van der Waals surface area (Å²) in [5.41, 5.74) is 2.44. The van der Waals surface area contributed by atoms with Crippen LogP contribution in [0.5, 0.6) is 5.75 Å². The first-order valence-electron chi connectivity index (χ1n) is 15.0. The van der Waals surface area contributed by atoms with E-state index in [1.54, 1.807) is 57.0 Å². The van der Waals surface area contributed by atoms with Crippen LogP contribution in [0.15, 0.2) is 72.8 Å². The number of aryl methyl sites for hydroxylation is 2. The van der Waals surface area contributed by atoms with Crippen molar-refractivity contribution in [1.82, 2.24) is 10.2 Å². The van der Waals surface area contributed by atoms with E-state index in [1.807, 2.05) is 83.1 Å². The molecule has 0 aliphatic rings. The van der Waals surface area contributed by atoms with Gasteiger partial charge in [0.2, 0.25) is 5.91 Å². The number of amides is 3. The molecule has 3 aromatic carbocycles. The predicted octanol–water partition coefficient (Wildman–Crippen LogP) is 7.15. The molecule has 0 spiro atoms. The van der Waals surface area contributed by atoms with Crippen LogP contribution in [0.2, 0.25) is 0 Å². The fraction of sp³-hybridized carbons (Fsp3) is 0.417. The molecule has 2 unspecified atom stereocenters. The number of alkyl carbamates (subject to hydrolysis) is 1. The highest BCUT2D eigenvalue weighted by Crippen LogP contribution is 2.35. The molecule has 0 fully saturated rings. The van der Waals surface area contributed by atoms with E-state index >= 15 is 0 Å². The summed E-state index contributed by atoms with van der Waals surface area (Å²) in [6.45, 7) is 15.1. The van der Waals surface area contributed by atoms with Crippen molar-refractivity contribution in [3.63, 3.8) is 0 Å². The van der Waals surface area contributed by atoms with Crippen LogP contribution in [0.4, 0.5) is 10.5 Å². The number of nitrogens with one attached hydrogen (secondary N) is 2. The van der Waals surface area contributed by atoms with E-state index in [0.29, 0.717) is 23.4 Å². The molecule has 0 radical (unpaired) electrons. The molecular weight excluding hydrogens is 554 g/mol. The number of nitrogens with zero attached hydrogens (tertiary/aromatic N) is 1. The van der Waals surface area contributed by atoms with E-state index in [1.165, 1.54) is 0 Å². The van der Waals surface area contributed by atoms with E-state index < -0.39 is 29.3 Å². The van der Waals surface area contributed by atoms with E-state index in [9.17, 15) is 14.4 Å². The fourth-order valence-electron chi connectivity index (χ4n) is 4.95. The van der Waals surface area contributed by atoms with Crippen molar-refractivity contribution in [1.29, 1.82) is 0 Å². The normalized spacial score (nSPS) is 12.9. The van der Waals surface area contributed by atoms with Crippen molar-refractivity contribution in [2.24, 2.45) is 0 Å². The van der Waals surface area contributed by atoms with Gasteiger partial charge in [-0.2, -0.15) is 0 Å². The number of methoxy groups -OCH3 is 1. The average molecular weight is 602 g/mol. The van der Waals surface area contributed by atoms with Crippen molar-refractivity contribution in [3.8, 4) is 5.75 Å². The zero-order valence-corrected chi connectivity index (χ0v) is 27.5. The van der Waals surface area contributed by atoms with Gasteiger partial charge in [-0.1, -0.05) is 61.0 Å². The van der Waals surface area contributed by atoms with Gasteiger partial charge in [0.05, 0.1) is 7.11 Å². The second-order valence-electron chi connectivity index (χ2n) is 12.7. The molecule has 3 rings (SSSR count). The lowest BCUT2D eigenvalue weighted by molar-refractivity contribution is -0.147. The predicted molar refractivity (Wildman–Crippen MR) is 175 cm³/mol.